The van der Waals surface area contributed by atoms with Gasteiger partial charge in [0.05, 0.1) is 6.20 Å². The zero-order chi connectivity index (χ0) is 23.1. The summed E-state index contributed by atoms with van der Waals surface area (Å²) in [6.07, 6.45) is 1.73. The lowest BCUT2D eigenvalue weighted by Gasteiger charge is -2.46. The second kappa shape index (κ2) is 8.09. The fraction of sp³-hybridized carbons (Fsp3) is 0.500. The van der Waals surface area contributed by atoms with E-state index < -0.39 is 17.9 Å². The van der Waals surface area contributed by atoms with E-state index in [2.05, 4.69) is 53.6 Å². The minimum absolute atomic E-state index is 0.0509. The number of aliphatic carboxylic acids is 1. The van der Waals surface area contributed by atoms with Crippen LogP contribution in [0.1, 0.15) is 40.5 Å². The van der Waals surface area contributed by atoms with Crippen molar-refractivity contribution in [1.29, 1.82) is 0 Å². The number of hydrogen-bond donors (Lipinski definition) is 4. The summed E-state index contributed by atoms with van der Waals surface area (Å²) < 4.78 is 25.4. The molecule has 4 N–H and O–H groups in total. The van der Waals surface area contributed by atoms with Gasteiger partial charge in [-0.25, -0.2) is 14.2 Å². The molecule has 9 nitrogen and oxygen atoms in total. The van der Waals surface area contributed by atoms with Gasteiger partial charge in [0.25, 0.3) is 0 Å². The highest BCUT2D eigenvalue weighted by atomic mass is 19.1. The maximum atomic E-state index is 14.5. The molecule has 0 radical (unpaired) electrons. The van der Waals surface area contributed by atoms with Crippen LogP contribution in [-0.2, 0) is 4.79 Å². The molecule has 1 fully saturated rings. The number of carboxylic acid groups (broad SMARTS) is 1. The van der Waals surface area contributed by atoms with Crippen LogP contribution in [0.15, 0.2) is 24.4 Å². The number of halogens is 1. The van der Waals surface area contributed by atoms with Crippen LogP contribution in [0.25, 0.3) is 0 Å². The van der Waals surface area contributed by atoms with E-state index in [9.17, 15) is 9.18 Å². The zero-order valence-corrected chi connectivity index (χ0v) is 18.5. The standard InChI is InChI=1S/C22H28FN5O4/c1-21(2)8-13(9-22(3,4)28-21)25-18-14(23)10-24-20(27-18)26-12-5-6-15-16(7-12)31-11-17(32-15)19(29)30/h5-7,10,13,17,28H,8-9,11H2,1-4H3,(H,29,30)(H2,24,25,26,27). The molecule has 32 heavy (non-hydrogen) atoms. The number of anilines is 3. The number of fused-ring (bicyclic) bond motifs is 1. The first-order valence-electron chi connectivity index (χ1n) is 10.5. The first-order valence-corrected chi connectivity index (χ1v) is 10.5. The Morgan fingerprint density at radius 1 is 1.22 bits per heavy atom. The molecule has 2 aliphatic heterocycles. The smallest absolute Gasteiger partial charge is 0.348 e. The summed E-state index contributed by atoms with van der Waals surface area (Å²) in [7, 11) is 0. The van der Waals surface area contributed by atoms with Gasteiger partial charge < -0.3 is 30.5 Å². The van der Waals surface area contributed by atoms with Gasteiger partial charge in [-0.2, -0.15) is 4.98 Å². The van der Waals surface area contributed by atoms with Crippen molar-refractivity contribution < 1.29 is 23.8 Å². The molecule has 0 saturated carbocycles. The van der Waals surface area contributed by atoms with Crippen molar-refractivity contribution in [3.63, 3.8) is 0 Å². The molecule has 0 spiro atoms. The van der Waals surface area contributed by atoms with Gasteiger partial charge in [0, 0.05) is 28.9 Å². The lowest BCUT2D eigenvalue weighted by molar-refractivity contribution is -0.147. The monoisotopic (exact) mass is 445 g/mol. The molecule has 2 aromatic rings. The number of hydrogen-bond acceptors (Lipinski definition) is 8. The number of carbonyl (C=O) groups is 1. The van der Waals surface area contributed by atoms with Gasteiger partial charge in [-0.05, 0) is 52.7 Å². The van der Waals surface area contributed by atoms with Crippen LogP contribution in [0.5, 0.6) is 11.5 Å². The molecule has 172 valence electrons. The molecule has 1 unspecified atom stereocenters. The normalized spacial score (nSPS) is 21.6. The molecular formula is C22H28FN5O4. The van der Waals surface area contributed by atoms with Gasteiger partial charge in [-0.15, -0.1) is 0 Å². The van der Waals surface area contributed by atoms with Crippen LogP contribution in [0, 0.1) is 5.82 Å². The van der Waals surface area contributed by atoms with Crippen LogP contribution in [-0.4, -0.2) is 50.9 Å². The number of rotatable bonds is 5. The van der Waals surface area contributed by atoms with Gasteiger partial charge in [-0.1, -0.05) is 0 Å². The summed E-state index contributed by atoms with van der Waals surface area (Å²) >= 11 is 0. The van der Waals surface area contributed by atoms with E-state index in [0.29, 0.717) is 17.2 Å². The summed E-state index contributed by atoms with van der Waals surface area (Å²) in [6.45, 7) is 8.44. The number of piperidine rings is 1. The third-order valence-corrected chi connectivity index (χ3v) is 5.41. The predicted octanol–water partition coefficient (Wildman–Crippen LogP) is 3.30. The number of benzene rings is 1. The second-order valence-corrected chi connectivity index (χ2v) is 9.57. The van der Waals surface area contributed by atoms with Gasteiger partial charge in [0.15, 0.2) is 23.1 Å². The third-order valence-electron chi connectivity index (χ3n) is 5.41. The summed E-state index contributed by atoms with van der Waals surface area (Å²) in [5.74, 6) is -0.492. The van der Waals surface area contributed by atoms with Gasteiger partial charge in [0.1, 0.15) is 6.61 Å². The van der Waals surface area contributed by atoms with Crippen molar-refractivity contribution in [2.24, 2.45) is 0 Å². The Morgan fingerprint density at radius 2 is 1.94 bits per heavy atom. The maximum absolute atomic E-state index is 14.5. The number of carboxylic acids is 1. The van der Waals surface area contributed by atoms with Gasteiger partial charge in [-0.3, -0.25) is 0 Å². The van der Waals surface area contributed by atoms with E-state index in [0.717, 1.165) is 19.0 Å². The van der Waals surface area contributed by atoms with Crippen molar-refractivity contribution in [3.05, 3.63) is 30.2 Å². The quantitative estimate of drug-likeness (QED) is 0.550. The van der Waals surface area contributed by atoms with E-state index in [1.54, 1.807) is 18.2 Å². The molecule has 1 aromatic heterocycles. The summed E-state index contributed by atoms with van der Waals surface area (Å²) in [6, 6.07) is 5.00. The molecule has 0 aliphatic carbocycles. The highest BCUT2D eigenvalue weighted by molar-refractivity contribution is 5.74. The topological polar surface area (TPSA) is 118 Å². The molecule has 2 aliphatic rings. The first-order chi connectivity index (χ1) is 15.0. The molecule has 10 heteroatoms. The third kappa shape index (κ3) is 5.01. The van der Waals surface area contributed by atoms with Crippen molar-refractivity contribution in [1.82, 2.24) is 15.3 Å². The van der Waals surface area contributed by atoms with Crippen LogP contribution < -0.4 is 25.4 Å². The molecule has 0 bridgehead atoms. The second-order valence-electron chi connectivity index (χ2n) is 9.57. The average molecular weight is 445 g/mol. The Hall–Kier alpha value is -3.14. The highest BCUT2D eigenvalue weighted by Gasteiger charge is 2.38. The predicted molar refractivity (Wildman–Crippen MR) is 117 cm³/mol. The van der Waals surface area contributed by atoms with Crippen LogP contribution >= 0.6 is 0 Å². The number of aromatic nitrogens is 2. The average Bonchev–Trinajstić information content (AvgIpc) is 2.67. The van der Waals surface area contributed by atoms with Crippen LogP contribution in [0.3, 0.4) is 0 Å². The van der Waals surface area contributed by atoms with Gasteiger partial charge >= 0.3 is 5.97 Å². The molecule has 1 atom stereocenters. The van der Waals surface area contributed by atoms with Gasteiger partial charge in [0.2, 0.25) is 12.1 Å². The number of nitrogens with one attached hydrogen (secondary N) is 3. The Morgan fingerprint density at radius 3 is 2.62 bits per heavy atom. The first kappa shape index (κ1) is 22.1. The van der Waals surface area contributed by atoms with Crippen LogP contribution in [0.2, 0.25) is 0 Å². The van der Waals surface area contributed by atoms with Crippen molar-refractivity contribution in [2.45, 2.75) is 63.8 Å². The Bertz CT molecular complexity index is 1010. The maximum Gasteiger partial charge on any atom is 0.348 e. The number of nitrogens with zero attached hydrogens (tertiary/aromatic N) is 2. The molecule has 1 aromatic carbocycles. The van der Waals surface area contributed by atoms with Crippen molar-refractivity contribution in [3.8, 4) is 11.5 Å². The molecule has 3 heterocycles. The molecule has 1 saturated heterocycles. The Balaban J connectivity index is 1.48. The summed E-state index contributed by atoms with van der Waals surface area (Å²) in [4.78, 5) is 19.4. The fourth-order valence-electron chi connectivity index (χ4n) is 4.55. The Labute approximate surface area is 185 Å². The largest absolute Gasteiger partial charge is 0.485 e. The van der Waals surface area contributed by atoms with Crippen molar-refractivity contribution >= 4 is 23.4 Å². The summed E-state index contributed by atoms with van der Waals surface area (Å²) in [5.41, 5.74) is 0.423. The van der Waals surface area contributed by atoms with Crippen LogP contribution in [0.4, 0.5) is 21.8 Å². The minimum Gasteiger partial charge on any atom is -0.485 e. The molecule has 0 amide bonds. The number of ether oxygens (including phenoxy) is 2. The highest BCUT2D eigenvalue weighted by Crippen LogP contribution is 2.35. The van der Waals surface area contributed by atoms with Crippen molar-refractivity contribution in [2.75, 3.05) is 17.2 Å². The SMILES string of the molecule is CC1(C)CC(Nc2nc(Nc3ccc4c(c3)OCC(C(=O)O)O4)ncc2F)CC(C)(C)N1. The molecular weight excluding hydrogens is 417 g/mol. The fourth-order valence-corrected chi connectivity index (χ4v) is 4.55. The minimum atomic E-state index is -1.09. The lowest BCUT2D eigenvalue weighted by atomic mass is 9.79. The van der Waals surface area contributed by atoms with E-state index in [-0.39, 0.29) is 35.5 Å². The zero-order valence-electron chi connectivity index (χ0n) is 18.5. The van der Waals surface area contributed by atoms with E-state index in [1.807, 2.05) is 0 Å². The van der Waals surface area contributed by atoms with E-state index in [1.165, 1.54) is 0 Å². The lowest BCUT2D eigenvalue weighted by Crippen LogP contribution is -2.60. The Kier molecular flexibility index (Phi) is 5.58. The molecule has 4 rings (SSSR count). The van der Waals surface area contributed by atoms with E-state index in [4.69, 9.17) is 14.6 Å². The van der Waals surface area contributed by atoms with E-state index >= 15 is 0 Å². The summed E-state index contributed by atoms with van der Waals surface area (Å²) in [5, 5.41) is 18.9.